The molecule has 66 valence electrons. The SMILES string of the molecule is CCC(N)=NCc1ccnn1C. The maximum absolute atomic E-state index is 5.56. The Bertz CT molecular complexity index is 274. The maximum atomic E-state index is 5.56. The van der Waals surface area contributed by atoms with Crippen LogP contribution in [0.3, 0.4) is 0 Å². The van der Waals surface area contributed by atoms with Crippen LogP contribution in [0.5, 0.6) is 0 Å². The molecule has 0 unspecified atom stereocenters. The van der Waals surface area contributed by atoms with Crippen LogP contribution in [0.25, 0.3) is 0 Å². The average Bonchev–Trinajstić information content (AvgIpc) is 2.47. The lowest BCUT2D eigenvalue weighted by Gasteiger charge is -1.98. The van der Waals surface area contributed by atoms with Crippen molar-refractivity contribution in [1.82, 2.24) is 9.78 Å². The Morgan fingerprint density at radius 3 is 3.00 bits per heavy atom. The van der Waals surface area contributed by atoms with Gasteiger partial charge in [0.25, 0.3) is 0 Å². The van der Waals surface area contributed by atoms with Crippen molar-refractivity contribution in [2.75, 3.05) is 0 Å². The zero-order chi connectivity index (χ0) is 8.97. The highest BCUT2D eigenvalue weighted by Crippen LogP contribution is 1.98. The topological polar surface area (TPSA) is 56.2 Å². The molecule has 0 amide bonds. The summed E-state index contributed by atoms with van der Waals surface area (Å²) in [5.41, 5.74) is 6.64. The molecule has 0 saturated heterocycles. The summed E-state index contributed by atoms with van der Waals surface area (Å²) in [7, 11) is 1.90. The molecule has 1 aromatic rings. The van der Waals surface area contributed by atoms with Gasteiger partial charge in [-0.1, -0.05) is 6.92 Å². The van der Waals surface area contributed by atoms with E-state index < -0.39 is 0 Å². The second-order valence-corrected chi connectivity index (χ2v) is 2.61. The van der Waals surface area contributed by atoms with E-state index in [0.717, 1.165) is 12.1 Å². The standard InChI is InChI=1S/C8H14N4/c1-3-8(9)10-6-7-4-5-11-12(7)2/h4-5H,3,6H2,1-2H3,(H2,9,10). The molecule has 4 heteroatoms. The van der Waals surface area contributed by atoms with E-state index in [1.807, 2.05) is 20.0 Å². The number of amidine groups is 1. The number of aryl methyl sites for hydroxylation is 1. The van der Waals surface area contributed by atoms with Crippen molar-refractivity contribution in [3.63, 3.8) is 0 Å². The van der Waals surface area contributed by atoms with Crippen molar-refractivity contribution in [3.05, 3.63) is 18.0 Å². The van der Waals surface area contributed by atoms with Gasteiger partial charge in [0.1, 0.15) is 0 Å². The number of aromatic nitrogens is 2. The van der Waals surface area contributed by atoms with Gasteiger partial charge in [0, 0.05) is 19.7 Å². The maximum Gasteiger partial charge on any atom is 0.0939 e. The van der Waals surface area contributed by atoms with E-state index in [4.69, 9.17) is 5.73 Å². The zero-order valence-corrected chi connectivity index (χ0v) is 7.49. The molecule has 1 aromatic heterocycles. The summed E-state index contributed by atoms with van der Waals surface area (Å²) in [5, 5.41) is 4.03. The van der Waals surface area contributed by atoms with Gasteiger partial charge in [-0.05, 0) is 6.07 Å². The summed E-state index contributed by atoms with van der Waals surface area (Å²) < 4.78 is 1.80. The van der Waals surface area contributed by atoms with E-state index in [9.17, 15) is 0 Å². The Hall–Kier alpha value is -1.32. The lowest BCUT2D eigenvalue weighted by molar-refractivity contribution is 0.712. The monoisotopic (exact) mass is 166 g/mol. The molecule has 0 spiro atoms. The van der Waals surface area contributed by atoms with E-state index >= 15 is 0 Å². The van der Waals surface area contributed by atoms with Crippen LogP contribution in [0, 0.1) is 0 Å². The summed E-state index contributed by atoms with van der Waals surface area (Å²) in [6, 6.07) is 1.94. The molecule has 0 aromatic carbocycles. The second kappa shape index (κ2) is 3.90. The highest BCUT2D eigenvalue weighted by Gasteiger charge is 1.95. The van der Waals surface area contributed by atoms with Crippen LogP contribution in [0.15, 0.2) is 17.3 Å². The number of hydrogen-bond donors (Lipinski definition) is 1. The fraction of sp³-hybridized carbons (Fsp3) is 0.500. The van der Waals surface area contributed by atoms with Crippen molar-refractivity contribution in [1.29, 1.82) is 0 Å². The minimum absolute atomic E-state index is 0.621. The fourth-order valence-electron chi connectivity index (χ4n) is 0.851. The Morgan fingerprint density at radius 1 is 1.75 bits per heavy atom. The highest BCUT2D eigenvalue weighted by atomic mass is 15.3. The molecule has 0 radical (unpaired) electrons. The number of aliphatic imine (C=N–C) groups is 1. The molecule has 0 aliphatic heterocycles. The summed E-state index contributed by atoms with van der Waals surface area (Å²) >= 11 is 0. The van der Waals surface area contributed by atoms with Crippen molar-refractivity contribution in [2.24, 2.45) is 17.8 Å². The lowest BCUT2D eigenvalue weighted by atomic mass is 10.4. The van der Waals surface area contributed by atoms with Crippen LogP contribution in [0.4, 0.5) is 0 Å². The van der Waals surface area contributed by atoms with Gasteiger partial charge >= 0.3 is 0 Å². The van der Waals surface area contributed by atoms with Crippen LogP contribution in [0.2, 0.25) is 0 Å². The summed E-state index contributed by atoms with van der Waals surface area (Å²) in [6.45, 7) is 2.61. The van der Waals surface area contributed by atoms with E-state index in [2.05, 4.69) is 10.1 Å². The predicted molar refractivity (Wildman–Crippen MR) is 48.8 cm³/mol. The molecule has 0 bridgehead atoms. The van der Waals surface area contributed by atoms with Crippen molar-refractivity contribution >= 4 is 5.84 Å². The minimum atomic E-state index is 0.621. The minimum Gasteiger partial charge on any atom is -0.387 e. The van der Waals surface area contributed by atoms with Crippen LogP contribution in [0.1, 0.15) is 19.0 Å². The number of nitrogens with zero attached hydrogens (tertiary/aromatic N) is 3. The molecular weight excluding hydrogens is 152 g/mol. The largest absolute Gasteiger partial charge is 0.387 e. The quantitative estimate of drug-likeness (QED) is 0.530. The van der Waals surface area contributed by atoms with Crippen molar-refractivity contribution < 1.29 is 0 Å². The van der Waals surface area contributed by atoms with Gasteiger partial charge < -0.3 is 5.73 Å². The van der Waals surface area contributed by atoms with Gasteiger partial charge in [-0.15, -0.1) is 0 Å². The second-order valence-electron chi connectivity index (χ2n) is 2.61. The molecule has 12 heavy (non-hydrogen) atoms. The van der Waals surface area contributed by atoms with Crippen molar-refractivity contribution in [2.45, 2.75) is 19.9 Å². The Kier molecular flexibility index (Phi) is 2.85. The first-order valence-corrected chi connectivity index (χ1v) is 3.99. The van der Waals surface area contributed by atoms with Gasteiger partial charge in [0.05, 0.1) is 18.1 Å². The molecule has 0 atom stereocenters. The molecule has 1 rings (SSSR count). The molecular formula is C8H14N4. The summed E-state index contributed by atoms with van der Waals surface area (Å²) in [6.07, 6.45) is 2.56. The molecule has 0 fully saturated rings. The molecule has 2 N–H and O–H groups in total. The summed E-state index contributed by atoms with van der Waals surface area (Å²) in [5.74, 6) is 0.691. The van der Waals surface area contributed by atoms with Crippen LogP contribution < -0.4 is 5.73 Å². The molecule has 0 aliphatic rings. The first kappa shape index (κ1) is 8.77. The van der Waals surface area contributed by atoms with Gasteiger partial charge in [-0.2, -0.15) is 5.10 Å². The highest BCUT2D eigenvalue weighted by molar-refractivity contribution is 5.79. The molecule has 0 saturated carbocycles. The van der Waals surface area contributed by atoms with Crippen LogP contribution in [-0.2, 0) is 13.6 Å². The normalized spacial score (nSPS) is 12.0. The molecule has 1 heterocycles. The first-order valence-electron chi connectivity index (χ1n) is 3.99. The van der Waals surface area contributed by atoms with E-state index in [0.29, 0.717) is 12.4 Å². The van der Waals surface area contributed by atoms with Crippen molar-refractivity contribution in [3.8, 4) is 0 Å². The van der Waals surface area contributed by atoms with Gasteiger partial charge in [0.15, 0.2) is 0 Å². The third-order valence-corrected chi connectivity index (χ3v) is 1.73. The van der Waals surface area contributed by atoms with Crippen LogP contribution >= 0.6 is 0 Å². The first-order chi connectivity index (χ1) is 5.74. The number of nitrogens with two attached hydrogens (primary N) is 1. The summed E-state index contributed by atoms with van der Waals surface area (Å²) in [4.78, 5) is 4.18. The average molecular weight is 166 g/mol. The van der Waals surface area contributed by atoms with E-state index in [1.54, 1.807) is 10.9 Å². The van der Waals surface area contributed by atoms with Gasteiger partial charge in [0.2, 0.25) is 0 Å². The van der Waals surface area contributed by atoms with Gasteiger partial charge in [-0.25, -0.2) is 0 Å². The Morgan fingerprint density at radius 2 is 2.50 bits per heavy atom. The van der Waals surface area contributed by atoms with E-state index in [1.165, 1.54) is 0 Å². The van der Waals surface area contributed by atoms with Crippen LogP contribution in [-0.4, -0.2) is 15.6 Å². The predicted octanol–water partition coefficient (Wildman–Crippen LogP) is 0.687. The fourth-order valence-corrected chi connectivity index (χ4v) is 0.851. The third-order valence-electron chi connectivity index (χ3n) is 1.73. The third kappa shape index (κ3) is 2.08. The van der Waals surface area contributed by atoms with E-state index in [-0.39, 0.29) is 0 Å². The lowest BCUT2D eigenvalue weighted by Crippen LogP contribution is -2.10. The molecule has 0 aliphatic carbocycles. The Balaban J connectivity index is 2.59. The number of hydrogen-bond acceptors (Lipinski definition) is 2. The molecule has 4 nitrogen and oxygen atoms in total. The number of rotatable bonds is 3. The smallest absolute Gasteiger partial charge is 0.0939 e. The zero-order valence-electron chi connectivity index (χ0n) is 7.49. The van der Waals surface area contributed by atoms with Gasteiger partial charge in [-0.3, -0.25) is 9.67 Å². The Labute approximate surface area is 72.1 Å².